The second-order valence-corrected chi connectivity index (χ2v) is 4.02. The third kappa shape index (κ3) is 6.31. The van der Waals surface area contributed by atoms with Crippen molar-refractivity contribution in [2.45, 2.75) is 25.3 Å². The molecule has 0 unspecified atom stereocenters. The van der Waals surface area contributed by atoms with E-state index in [9.17, 15) is 9.18 Å². The maximum Gasteiger partial charge on any atom is 0.326 e. The van der Waals surface area contributed by atoms with E-state index in [1.807, 2.05) is 0 Å². The van der Waals surface area contributed by atoms with Crippen molar-refractivity contribution in [2.24, 2.45) is 16.5 Å². The van der Waals surface area contributed by atoms with Crippen molar-refractivity contribution in [1.82, 2.24) is 0 Å². The number of methoxy groups -OCH3 is 1. The Morgan fingerprint density at radius 1 is 1.61 bits per heavy atom. The van der Waals surface area contributed by atoms with Gasteiger partial charge in [0.2, 0.25) is 0 Å². The lowest BCUT2D eigenvalue weighted by Crippen LogP contribution is -2.51. The summed E-state index contributed by atoms with van der Waals surface area (Å²) in [5.41, 5.74) is 9.28. The van der Waals surface area contributed by atoms with Gasteiger partial charge in [-0.25, -0.2) is 4.39 Å². The van der Waals surface area contributed by atoms with Gasteiger partial charge in [0.15, 0.2) is 0 Å². The number of rotatable bonds is 8. The molecular formula is C11H20FN3O3. The fourth-order valence-corrected chi connectivity index (χ4v) is 1.20. The van der Waals surface area contributed by atoms with Gasteiger partial charge in [0.25, 0.3) is 0 Å². The number of carboxylic acid groups (broad SMARTS) is 1. The van der Waals surface area contributed by atoms with E-state index in [-0.39, 0.29) is 26.0 Å². The predicted octanol–water partition coefficient (Wildman–Crippen LogP) is 0.426. The van der Waals surface area contributed by atoms with Crippen LogP contribution in [0.1, 0.15) is 19.8 Å². The molecule has 0 spiro atoms. The Hall–Kier alpha value is -1.47. The predicted molar refractivity (Wildman–Crippen MR) is 67.0 cm³/mol. The van der Waals surface area contributed by atoms with Gasteiger partial charge >= 0.3 is 5.97 Å². The van der Waals surface area contributed by atoms with Gasteiger partial charge < -0.3 is 21.3 Å². The number of aliphatic imine (C=N–C) groups is 1. The zero-order chi connectivity index (χ0) is 14.2. The molecule has 18 heavy (non-hydrogen) atoms. The summed E-state index contributed by atoms with van der Waals surface area (Å²) < 4.78 is 18.1. The molecule has 0 bridgehead atoms. The van der Waals surface area contributed by atoms with Crippen LogP contribution in [0.3, 0.4) is 0 Å². The number of hydrogen-bond acceptors (Lipinski definition) is 4. The Kier molecular flexibility index (Phi) is 7.14. The number of carboxylic acids is 1. The lowest BCUT2D eigenvalue weighted by Gasteiger charge is -2.21. The molecule has 5 N–H and O–H groups in total. The van der Waals surface area contributed by atoms with E-state index in [1.165, 1.54) is 7.11 Å². The maximum atomic E-state index is 13.3. The maximum absolute atomic E-state index is 13.3. The SMILES string of the molecule is COC[C@](N)(C/C=C(\F)CCN=C(C)N)C(=O)O. The Bertz CT molecular complexity index is 340. The first-order chi connectivity index (χ1) is 8.31. The number of amidine groups is 1. The summed E-state index contributed by atoms with van der Waals surface area (Å²) in [6.07, 6.45) is 1.07. The molecule has 6 nitrogen and oxygen atoms in total. The number of carbonyl (C=O) groups is 1. The summed E-state index contributed by atoms with van der Waals surface area (Å²) in [4.78, 5) is 14.8. The van der Waals surface area contributed by atoms with Crippen LogP contribution in [-0.4, -0.2) is 42.7 Å². The van der Waals surface area contributed by atoms with Crippen LogP contribution < -0.4 is 11.5 Å². The van der Waals surface area contributed by atoms with E-state index in [2.05, 4.69) is 4.99 Å². The van der Waals surface area contributed by atoms with Crippen molar-refractivity contribution in [2.75, 3.05) is 20.3 Å². The lowest BCUT2D eigenvalue weighted by molar-refractivity contribution is -0.145. The molecule has 7 heteroatoms. The molecule has 0 aliphatic rings. The summed E-state index contributed by atoms with van der Waals surface area (Å²) in [7, 11) is 1.34. The van der Waals surface area contributed by atoms with Gasteiger partial charge in [0.1, 0.15) is 5.54 Å². The highest BCUT2D eigenvalue weighted by atomic mass is 19.1. The number of hydrogen-bond donors (Lipinski definition) is 3. The van der Waals surface area contributed by atoms with E-state index < -0.39 is 17.3 Å². The summed E-state index contributed by atoms with van der Waals surface area (Å²) in [5.74, 6) is -1.32. The number of nitrogens with two attached hydrogens (primary N) is 2. The summed E-state index contributed by atoms with van der Waals surface area (Å²) in [6, 6.07) is 0. The van der Waals surface area contributed by atoms with Crippen molar-refractivity contribution in [3.63, 3.8) is 0 Å². The van der Waals surface area contributed by atoms with Crippen molar-refractivity contribution < 1.29 is 19.0 Å². The second-order valence-electron chi connectivity index (χ2n) is 4.02. The minimum absolute atomic E-state index is 0.0667. The van der Waals surface area contributed by atoms with Gasteiger partial charge in [-0.15, -0.1) is 0 Å². The Balaban J connectivity index is 4.40. The number of nitrogens with zero attached hydrogens (tertiary/aromatic N) is 1. The molecule has 0 aliphatic heterocycles. The summed E-state index contributed by atoms with van der Waals surface area (Å²) in [5, 5.41) is 8.93. The normalized spacial score (nSPS) is 16.4. The first-order valence-electron chi connectivity index (χ1n) is 5.44. The topological polar surface area (TPSA) is 111 Å². The standard InChI is InChI=1S/C11H20FN3O3/c1-8(13)15-6-4-9(12)3-5-11(14,7-18-2)10(16)17/h3H,4-7,14H2,1-2H3,(H2,13,15)(H,16,17)/b9-3-/t11-/m1/s1. The molecule has 0 fully saturated rings. The third-order valence-electron chi connectivity index (χ3n) is 2.23. The largest absolute Gasteiger partial charge is 0.480 e. The van der Waals surface area contributed by atoms with Crippen LogP contribution in [0.5, 0.6) is 0 Å². The molecule has 0 aromatic heterocycles. The van der Waals surface area contributed by atoms with Gasteiger partial charge in [0, 0.05) is 20.1 Å². The lowest BCUT2D eigenvalue weighted by atomic mass is 9.97. The van der Waals surface area contributed by atoms with E-state index in [0.29, 0.717) is 5.84 Å². The Morgan fingerprint density at radius 2 is 2.22 bits per heavy atom. The minimum atomic E-state index is -1.61. The fourth-order valence-electron chi connectivity index (χ4n) is 1.20. The molecule has 0 amide bonds. The number of halogens is 1. The van der Waals surface area contributed by atoms with Crippen LogP contribution in [-0.2, 0) is 9.53 Å². The van der Waals surface area contributed by atoms with Crippen LogP contribution in [0, 0.1) is 0 Å². The molecule has 0 aromatic rings. The van der Waals surface area contributed by atoms with E-state index in [4.69, 9.17) is 21.3 Å². The monoisotopic (exact) mass is 261 g/mol. The average Bonchev–Trinajstić information content (AvgIpc) is 2.26. The summed E-state index contributed by atoms with van der Waals surface area (Å²) in [6.45, 7) is 1.64. The highest BCUT2D eigenvalue weighted by Gasteiger charge is 2.33. The first-order valence-corrected chi connectivity index (χ1v) is 5.44. The highest BCUT2D eigenvalue weighted by molar-refractivity contribution is 5.79. The summed E-state index contributed by atoms with van der Waals surface area (Å²) >= 11 is 0. The van der Waals surface area contributed by atoms with Crippen molar-refractivity contribution >= 4 is 11.8 Å². The molecule has 0 aliphatic carbocycles. The fraction of sp³-hybridized carbons (Fsp3) is 0.636. The highest BCUT2D eigenvalue weighted by Crippen LogP contribution is 2.13. The van der Waals surface area contributed by atoms with E-state index in [0.717, 1.165) is 6.08 Å². The van der Waals surface area contributed by atoms with Gasteiger partial charge in [0.05, 0.1) is 18.3 Å². The molecule has 0 aromatic carbocycles. The first kappa shape index (κ1) is 16.5. The van der Waals surface area contributed by atoms with E-state index in [1.54, 1.807) is 6.92 Å². The van der Waals surface area contributed by atoms with Crippen LogP contribution >= 0.6 is 0 Å². The molecule has 0 heterocycles. The zero-order valence-electron chi connectivity index (χ0n) is 10.6. The minimum Gasteiger partial charge on any atom is -0.480 e. The van der Waals surface area contributed by atoms with Gasteiger partial charge in [-0.2, -0.15) is 0 Å². The van der Waals surface area contributed by atoms with Crippen molar-refractivity contribution in [3.05, 3.63) is 11.9 Å². The molecule has 0 rings (SSSR count). The van der Waals surface area contributed by atoms with Crippen LogP contribution in [0.15, 0.2) is 16.9 Å². The average molecular weight is 261 g/mol. The van der Waals surface area contributed by atoms with Crippen molar-refractivity contribution in [1.29, 1.82) is 0 Å². The smallest absolute Gasteiger partial charge is 0.326 e. The molecular weight excluding hydrogens is 241 g/mol. The van der Waals surface area contributed by atoms with Gasteiger partial charge in [-0.3, -0.25) is 9.79 Å². The molecule has 0 saturated carbocycles. The van der Waals surface area contributed by atoms with E-state index >= 15 is 0 Å². The molecule has 104 valence electrons. The van der Waals surface area contributed by atoms with Crippen LogP contribution in [0.2, 0.25) is 0 Å². The number of ether oxygens (including phenoxy) is 1. The third-order valence-corrected chi connectivity index (χ3v) is 2.23. The van der Waals surface area contributed by atoms with Gasteiger partial charge in [-0.1, -0.05) is 6.08 Å². The Labute approximate surface area is 106 Å². The second kappa shape index (κ2) is 7.78. The van der Waals surface area contributed by atoms with Crippen molar-refractivity contribution in [3.8, 4) is 0 Å². The van der Waals surface area contributed by atoms with Gasteiger partial charge in [-0.05, 0) is 13.3 Å². The van der Waals surface area contributed by atoms with Crippen LogP contribution in [0.25, 0.3) is 0 Å². The molecule has 1 atom stereocenters. The zero-order valence-corrected chi connectivity index (χ0v) is 10.6. The molecule has 0 radical (unpaired) electrons. The number of aliphatic carboxylic acids is 1. The van der Waals surface area contributed by atoms with Crippen LogP contribution in [0.4, 0.5) is 4.39 Å². The Morgan fingerprint density at radius 3 is 2.67 bits per heavy atom. The quantitative estimate of drug-likeness (QED) is 0.433. The molecule has 0 saturated heterocycles.